The second kappa shape index (κ2) is 7.46. The Morgan fingerprint density at radius 1 is 1.45 bits per heavy atom. The van der Waals surface area contributed by atoms with E-state index in [2.05, 4.69) is 15.5 Å². The topological polar surface area (TPSA) is 109 Å². The fraction of sp³-hybridized carbons (Fsp3) is 0.667. The van der Waals surface area contributed by atoms with Crippen molar-refractivity contribution in [2.75, 3.05) is 13.1 Å². The van der Waals surface area contributed by atoms with Crippen molar-refractivity contribution in [1.82, 2.24) is 20.4 Å². The van der Waals surface area contributed by atoms with Gasteiger partial charge in [0.1, 0.15) is 0 Å². The second-order valence-electron chi connectivity index (χ2n) is 4.64. The molecule has 112 valence electrons. The van der Waals surface area contributed by atoms with Crippen LogP contribution in [-0.4, -0.2) is 51.3 Å². The third-order valence-electron chi connectivity index (χ3n) is 2.65. The van der Waals surface area contributed by atoms with Crippen molar-refractivity contribution < 1.29 is 19.2 Å². The van der Waals surface area contributed by atoms with Gasteiger partial charge in [0, 0.05) is 32.5 Å². The number of hydrogen-bond donors (Lipinski definition) is 2. The van der Waals surface area contributed by atoms with Crippen LogP contribution in [0.4, 0.5) is 4.79 Å². The Hall–Kier alpha value is -2.12. The van der Waals surface area contributed by atoms with Crippen LogP contribution in [0.3, 0.4) is 0 Å². The molecule has 20 heavy (non-hydrogen) atoms. The van der Waals surface area contributed by atoms with Crippen LogP contribution in [0.25, 0.3) is 0 Å². The molecule has 1 aromatic rings. The molecule has 0 radical (unpaired) electrons. The van der Waals surface area contributed by atoms with E-state index in [9.17, 15) is 9.59 Å². The summed E-state index contributed by atoms with van der Waals surface area (Å²) < 4.78 is 4.82. The van der Waals surface area contributed by atoms with Crippen LogP contribution < -0.4 is 5.32 Å². The molecule has 0 unspecified atom stereocenters. The molecule has 0 aliphatic heterocycles. The number of carboxylic acid groups (broad SMARTS) is 1. The molecule has 8 heteroatoms. The molecule has 0 aromatic carbocycles. The largest absolute Gasteiger partial charge is 0.481 e. The lowest BCUT2D eigenvalue weighted by molar-refractivity contribution is -0.137. The fourth-order valence-electron chi connectivity index (χ4n) is 1.64. The maximum atomic E-state index is 12.0. The highest BCUT2D eigenvalue weighted by Crippen LogP contribution is 2.01. The molecule has 1 heterocycles. The number of carbonyl (C=O) groups is 2. The van der Waals surface area contributed by atoms with Crippen LogP contribution in [-0.2, 0) is 11.2 Å². The number of nitrogens with one attached hydrogen (secondary N) is 1. The molecule has 0 atom stereocenters. The fourth-order valence-corrected chi connectivity index (χ4v) is 1.64. The minimum Gasteiger partial charge on any atom is -0.481 e. The van der Waals surface area contributed by atoms with E-state index in [4.69, 9.17) is 9.63 Å². The predicted octanol–water partition coefficient (Wildman–Crippen LogP) is 0.815. The third kappa shape index (κ3) is 5.25. The first-order valence-electron chi connectivity index (χ1n) is 6.45. The second-order valence-corrected chi connectivity index (χ2v) is 4.64. The number of rotatable bonds is 7. The predicted molar refractivity (Wildman–Crippen MR) is 70.2 cm³/mol. The molecule has 0 spiro atoms. The van der Waals surface area contributed by atoms with Gasteiger partial charge in [-0.15, -0.1) is 0 Å². The highest BCUT2D eigenvalue weighted by Gasteiger charge is 2.17. The summed E-state index contributed by atoms with van der Waals surface area (Å²) in [5.74, 6) is 0.0896. The smallest absolute Gasteiger partial charge is 0.317 e. The minimum absolute atomic E-state index is 0.0678. The standard InChI is InChI=1S/C12H20N4O4/c1-8(2)16(7-5-11(17)18)12(19)13-6-4-10-14-9(3)20-15-10/h8H,4-7H2,1-3H3,(H,13,19)(H,17,18). The number of carbonyl (C=O) groups excluding carboxylic acids is 1. The van der Waals surface area contributed by atoms with Gasteiger partial charge in [0.2, 0.25) is 5.89 Å². The molecule has 0 aliphatic carbocycles. The van der Waals surface area contributed by atoms with Crippen LogP contribution in [0.2, 0.25) is 0 Å². The molecule has 0 saturated heterocycles. The first kappa shape index (κ1) is 15.9. The van der Waals surface area contributed by atoms with Gasteiger partial charge in [0.15, 0.2) is 5.82 Å². The van der Waals surface area contributed by atoms with Crippen LogP contribution in [0.5, 0.6) is 0 Å². The number of urea groups is 1. The number of aliphatic carboxylic acids is 1. The van der Waals surface area contributed by atoms with E-state index >= 15 is 0 Å². The number of carboxylic acids is 1. The van der Waals surface area contributed by atoms with Gasteiger partial charge in [-0.25, -0.2) is 4.79 Å². The molecule has 0 saturated carbocycles. The molecular formula is C12H20N4O4. The lowest BCUT2D eigenvalue weighted by Gasteiger charge is -2.26. The average Bonchev–Trinajstić information content (AvgIpc) is 2.74. The third-order valence-corrected chi connectivity index (χ3v) is 2.65. The minimum atomic E-state index is -0.925. The van der Waals surface area contributed by atoms with Gasteiger partial charge in [0.25, 0.3) is 0 Å². The van der Waals surface area contributed by atoms with Crippen molar-refractivity contribution in [2.45, 2.75) is 39.7 Å². The van der Waals surface area contributed by atoms with E-state index < -0.39 is 5.97 Å². The summed E-state index contributed by atoms with van der Waals surface area (Å²) >= 11 is 0. The monoisotopic (exact) mass is 284 g/mol. The zero-order valence-corrected chi connectivity index (χ0v) is 11.9. The zero-order valence-electron chi connectivity index (χ0n) is 11.9. The van der Waals surface area contributed by atoms with E-state index in [1.807, 2.05) is 13.8 Å². The Morgan fingerprint density at radius 2 is 2.15 bits per heavy atom. The highest BCUT2D eigenvalue weighted by molar-refractivity contribution is 5.75. The van der Waals surface area contributed by atoms with Crippen LogP contribution in [0, 0.1) is 6.92 Å². The summed E-state index contributed by atoms with van der Waals surface area (Å²) in [6, 6.07) is -0.358. The highest BCUT2D eigenvalue weighted by atomic mass is 16.5. The summed E-state index contributed by atoms with van der Waals surface area (Å²) in [6.45, 7) is 5.92. The van der Waals surface area contributed by atoms with Crippen molar-refractivity contribution in [1.29, 1.82) is 0 Å². The van der Waals surface area contributed by atoms with Crippen molar-refractivity contribution in [3.8, 4) is 0 Å². The first-order valence-corrected chi connectivity index (χ1v) is 6.45. The summed E-state index contributed by atoms with van der Waals surface area (Å²) in [5, 5.41) is 15.1. The Morgan fingerprint density at radius 3 is 2.65 bits per heavy atom. The van der Waals surface area contributed by atoms with Crippen molar-refractivity contribution in [3.05, 3.63) is 11.7 Å². The lowest BCUT2D eigenvalue weighted by Crippen LogP contribution is -2.45. The number of aromatic nitrogens is 2. The van der Waals surface area contributed by atoms with Crippen LogP contribution >= 0.6 is 0 Å². The van der Waals surface area contributed by atoms with Gasteiger partial charge in [-0.2, -0.15) is 4.98 Å². The number of hydrogen-bond acceptors (Lipinski definition) is 5. The Bertz CT molecular complexity index is 458. The molecule has 2 N–H and O–H groups in total. The number of amides is 2. The summed E-state index contributed by atoms with van der Waals surface area (Å²) in [6.07, 6.45) is 0.392. The summed E-state index contributed by atoms with van der Waals surface area (Å²) in [4.78, 5) is 28.0. The van der Waals surface area contributed by atoms with Gasteiger partial charge in [-0.1, -0.05) is 5.16 Å². The average molecular weight is 284 g/mol. The van der Waals surface area contributed by atoms with Crippen molar-refractivity contribution >= 4 is 12.0 Å². The zero-order chi connectivity index (χ0) is 15.1. The van der Waals surface area contributed by atoms with Gasteiger partial charge in [0.05, 0.1) is 6.42 Å². The Kier molecular flexibility index (Phi) is 5.95. The van der Waals surface area contributed by atoms with Crippen LogP contribution in [0.1, 0.15) is 32.0 Å². The number of nitrogens with zero attached hydrogens (tertiary/aromatic N) is 3. The maximum Gasteiger partial charge on any atom is 0.317 e. The summed E-state index contributed by atoms with van der Waals surface area (Å²) in [7, 11) is 0. The molecule has 0 bridgehead atoms. The molecule has 0 fully saturated rings. The maximum absolute atomic E-state index is 12.0. The van der Waals surface area contributed by atoms with E-state index in [-0.39, 0.29) is 25.0 Å². The van der Waals surface area contributed by atoms with E-state index in [1.165, 1.54) is 4.90 Å². The molecule has 8 nitrogen and oxygen atoms in total. The first-order chi connectivity index (χ1) is 9.40. The normalized spacial score (nSPS) is 10.6. The van der Waals surface area contributed by atoms with Gasteiger partial charge in [-0.3, -0.25) is 4.79 Å². The Balaban J connectivity index is 2.39. The quantitative estimate of drug-likeness (QED) is 0.767. The van der Waals surface area contributed by atoms with Crippen molar-refractivity contribution in [3.63, 3.8) is 0 Å². The van der Waals surface area contributed by atoms with Crippen molar-refractivity contribution in [2.24, 2.45) is 0 Å². The number of aryl methyl sites for hydroxylation is 1. The van der Waals surface area contributed by atoms with E-state index in [0.717, 1.165) is 0 Å². The Labute approximate surface area is 117 Å². The van der Waals surface area contributed by atoms with E-state index in [0.29, 0.717) is 24.7 Å². The molecule has 1 aromatic heterocycles. The van der Waals surface area contributed by atoms with E-state index in [1.54, 1.807) is 6.92 Å². The van der Waals surface area contributed by atoms with Gasteiger partial charge in [-0.05, 0) is 13.8 Å². The molecule has 2 amide bonds. The molecule has 1 rings (SSSR count). The summed E-state index contributed by atoms with van der Waals surface area (Å²) in [5.41, 5.74) is 0. The molecular weight excluding hydrogens is 264 g/mol. The van der Waals surface area contributed by atoms with Crippen LogP contribution in [0.15, 0.2) is 4.52 Å². The SMILES string of the molecule is Cc1nc(CCNC(=O)N(CCC(=O)O)C(C)C)no1. The lowest BCUT2D eigenvalue weighted by atomic mass is 10.3. The van der Waals surface area contributed by atoms with Gasteiger partial charge >= 0.3 is 12.0 Å². The van der Waals surface area contributed by atoms with Gasteiger partial charge < -0.3 is 19.8 Å². The molecule has 0 aliphatic rings.